The zero-order valence-corrected chi connectivity index (χ0v) is 16.0. The summed E-state index contributed by atoms with van der Waals surface area (Å²) in [5.41, 5.74) is 9.58. The highest BCUT2D eigenvalue weighted by Gasteiger charge is 2.25. The third-order valence-electron chi connectivity index (χ3n) is 4.23. The molecular formula is C19H14F2N8O2. The van der Waals surface area contributed by atoms with Gasteiger partial charge in [-0.25, -0.2) is 18.8 Å². The fourth-order valence-corrected chi connectivity index (χ4v) is 2.72. The van der Waals surface area contributed by atoms with Gasteiger partial charge in [0, 0.05) is 11.1 Å². The molecule has 0 saturated heterocycles. The molecule has 0 spiro atoms. The molecule has 4 rings (SSSR count). The molecule has 0 aliphatic carbocycles. The van der Waals surface area contributed by atoms with Crippen molar-refractivity contribution >= 4 is 17.9 Å². The zero-order chi connectivity index (χ0) is 22.0. The number of hydrogen-bond acceptors (Lipinski definition) is 8. The molecule has 2 aromatic carbocycles. The minimum atomic E-state index is -0.745. The number of anilines is 1. The van der Waals surface area contributed by atoms with Crippen LogP contribution in [-0.4, -0.2) is 37.4 Å². The Hall–Kier alpha value is -4.48. The molecule has 156 valence electrons. The van der Waals surface area contributed by atoms with Crippen molar-refractivity contribution in [3.8, 4) is 17.1 Å². The Balaban J connectivity index is 1.69. The summed E-state index contributed by atoms with van der Waals surface area (Å²) in [5.74, 6) is -2.08. The van der Waals surface area contributed by atoms with Gasteiger partial charge < -0.3 is 5.73 Å². The Morgan fingerprint density at radius 2 is 1.97 bits per heavy atom. The standard InChI is InChI=1S/C19H14F2N8O2/c1-10-2-4-11(5-3-10)16-15(24-28-29(16)18-17(22)26-31-27-18)19(30)25-23-9-12-8-13(20)6-7-14(12)21/h2-9H,1H3,(H2,22,26)(H,25,30)/b23-9+. The number of nitrogen functional groups attached to an aromatic ring is 1. The maximum absolute atomic E-state index is 13.7. The van der Waals surface area contributed by atoms with Crippen LogP contribution < -0.4 is 11.2 Å². The van der Waals surface area contributed by atoms with E-state index in [9.17, 15) is 13.6 Å². The molecule has 10 nitrogen and oxygen atoms in total. The Morgan fingerprint density at radius 1 is 1.19 bits per heavy atom. The Labute approximate surface area is 173 Å². The first-order valence-electron chi connectivity index (χ1n) is 8.83. The summed E-state index contributed by atoms with van der Waals surface area (Å²) in [4.78, 5) is 12.7. The van der Waals surface area contributed by atoms with Crippen LogP contribution in [0.1, 0.15) is 21.6 Å². The second-order valence-corrected chi connectivity index (χ2v) is 6.40. The Morgan fingerprint density at radius 3 is 2.68 bits per heavy atom. The second-order valence-electron chi connectivity index (χ2n) is 6.40. The molecule has 31 heavy (non-hydrogen) atoms. The van der Waals surface area contributed by atoms with Crippen LogP contribution in [0.15, 0.2) is 52.2 Å². The fraction of sp³-hybridized carbons (Fsp3) is 0.0526. The monoisotopic (exact) mass is 424 g/mol. The maximum atomic E-state index is 13.7. The van der Waals surface area contributed by atoms with Gasteiger partial charge in [-0.15, -0.1) is 5.10 Å². The summed E-state index contributed by atoms with van der Waals surface area (Å²) < 4.78 is 32.8. The number of rotatable bonds is 5. The van der Waals surface area contributed by atoms with Crippen molar-refractivity contribution in [3.05, 3.63) is 70.9 Å². The molecule has 0 unspecified atom stereocenters. The summed E-state index contributed by atoms with van der Waals surface area (Å²) >= 11 is 0. The van der Waals surface area contributed by atoms with E-state index in [-0.39, 0.29) is 28.6 Å². The van der Waals surface area contributed by atoms with Crippen LogP contribution in [0.2, 0.25) is 0 Å². The Bertz CT molecular complexity index is 1280. The molecule has 2 aromatic heterocycles. The summed E-state index contributed by atoms with van der Waals surface area (Å²) in [6.07, 6.45) is 0.978. The molecule has 0 atom stereocenters. The predicted molar refractivity (Wildman–Crippen MR) is 105 cm³/mol. The first-order chi connectivity index (χ1) is 14.9. The van der Waals surface area contributed by atoms with Crippen LogP contribution in [-0.2, 0) is 0 Å². The number of nitrogens with two attached hydrogens (primary N) is 1. The van der Waals surface area contributed by atoms with Gasteiger partial charge in [0.05, 0.1) is 6.21 Å². The van der Waals surface area contributed by atoms with Gasteiger partial charge in [0.25, 0.3) is 5.91 Å². The normalized spacial score (nSPS) is 11.2. The molecule has 12 heteroatoms. The van der Waals surface area contributed by atoms with Crippen LogP contribution >= 0.6 is 0 Å². The lowest BCUT2D eigenvalue weighted by atomic mass is 10.1. The summed E-state index contributed by atoms with van der Waals surface area (Å²) in [6, 6.07) is 10.1. The zero-order valence-electron chi connectivity index (χ0n) is 16.0. The molecule has 0 bridgehead atoms. The van der Waals surface area contributed by atoms with E-state index in [1.54, 1.807) is 12.1 Å². The van der Waals surface area contributed by atoms with Crippen molar-refractivity contribution < 1.29 is 18.2 Å². The lowest BCUT2D eigenvalue weighted by Gasteiger charge is -2.06. The number of hydrazone groups is 1. The van der Waals surface area contributed by atoms with Gasteiger partial charge in [-0.1, -0.05) is 35.0 Å². The third kappa shape index (κ3) is 3.99. The quantitative estimate of drug-likeness (QED) is 0.370. The van der Waals surface area contributed by atoms with E-state index in [0.29, 0.717) is 5.56 Å². The number of aryl methyl sites for hydroxylation is 1. The first kappa shape index (κ1) is 19.8. The molecule has 0 radical (unpaired) electrons. The molecule has 0 fully saturated rings. The number of hydrogen-bond donors (Lipinski definition) is 2. The van der Waals surface area contributed by atoms with Gasteiger partial charge in [0.1, 0.15) is 17.3 Å². The van der Waals surface area contributed by atoms with E-state index >= 15 is 0 Å². The van der Waals surface area contributed by atoms with E-state index in [2.05, 4.69) is 35.8 Å². The topological polar surface area (TPSA) is 137 Å². The van der Waals surface area contributed by atoms with Crippen molar-refractivity contribution in [2.24, 2.45) is 5.10 Å². The average molecular weight is 424 g/mol. The van der Waals surface area contributed by atoms with E-state index in [0.717, 1.165) is 30.0 Å². The molecule has 3 N–H and O–H groups in total. The average Bonchev–Trinajstić information content (AvgIpc) is 3.37. The van der Waals surface area contributed by atoms with Crippen molar-refractivity contribution in [3.63, 3.8) is 0 Å². The Kier molecular flexibility index (Phi) is 5.18. The fourth-order valence-electron chi connectivity index (χ4n) is 2.72. The van der Waals surface area contributed by atoms with Crippen molar-refractivity contribution in [1.29, 1.82) is 0 Å². The molecule has 0 saturated carbocycles. The molecule has 1 amide bonds. The first-order valence-corrected chi connectivity index (χ1v) is 8.83. The highest BCUT2D eigenvalue weighted by molar-refractivity contribution is 5.98. The summed E-state index contributed by atoms with van der Waals surface area (Å²) in [5, 5.41) is 18.7. The van der Waals surface area contributed by atoms with Crippen molar-refractivity contribution in [2.45, 2.75) is 6.92 Å². The number of nitrogens with one attached hydrogen (secondary N) is 1. The largest absolute Gasteiger partial charge is 0.378 e. The summed E-state index contributed by atoms with van der Waals surface area (Å²) in [6.45, 7) is 1.91. The van der Waals surface area contributed by atoms with Crippen LogP contribution in [0, 0.1) is 18.6 Å². The van der Waals surface area contributed by atoms with Gasteiger partial charge in [0.15, 0.2) is 5.69 Å². The number of carbonyl (C=O) groups is 1. The molecule has 2 heterocycles. The predicted octanol–water partition coefficient (Wildman–Crippen LogP) is 2.25. The van der Waals surface area contributed by atoms with E-state index < -0.39 is 17.5 Å². The molecular weight excluding hydrogens is 410 g/mol. The highest BCUT2D eigenvalue weighted by atomic mass is 19.1. The number of benzene rings is 2. The lowest BCUT2D eigenvalue weighted by molar-refractivity contribution is 0.0950. The van der Waals surface area contributed by atoms with E-state index in [4.69, 9.17) is 5.73 Å². The SMILES string of the molecule is Cc1ccc(-c2c(C(=O)N/N=C/c3cc(F)ccc3F)nnn2-c2nonc2N)cc1. The van der Waals surface area contributed by atoms with Gasteiger partial charge in [-0.3, -0.25) is 4.79 Å². The number of nitrogens with zero attached hydrogens (tertiary/aromatic N) is 6. The number of carbonyl (C=O) groups excluding carboxylic acids is 1. The smallest absolute Gasteiger partial charge is 0.294 e. The van der Waals surface area contributed by atoms with Crippen molar-refractivity contribution in [2.75, 3.05) is 5.73 Å². The highest BCUT2D eigenvalue weighted by Crippen LogP contribution is 2.26. The van der Waals surface area contributed by atoms with Crippen LogP contribution in [0.5, 0.6) is 0 Å². The number of aromatic nitrogens is 5. The van der Waals surface area contributed by atoms with E-state index in [1.165, 1.54) is 4.68 Å². The molecule has 0 aliphatic rings. The number of amides is 1. The minimum absolute atomic E-state index is 0.0486. The summed E-state index contributed by atoms with van der Waals surface area (Å²) in [7, 11) is 0. The van der Waals surface area contributed by atoms with Gasteiger partial charge in [0.2, 0.25) is 11.6 Å². The van der Waals surface area contributed by atoms with Crippen LogP contribution in [0.25, 0.3) is 17.1 Å². The number of halogens is 2. The van der Waals surface area contributed by atoms with Gasteiger partial charge in [-0.05, 0) is 35.4 Å². The second kappa shape index (κ2) is 8.10. The van der Waals surface area contributed by atoms with Crippen LogP contribution in [0.3, 0.4) is 0 Å². The van der Waals surface area contributed by atoms with Gasteiger partial charge >= 0.3 is 0 Å². The van der Waals surface area contributed by atoms with Crippen LogP contribution in [0.4, 0.5) is 14.6 Å². The lowest BCUT2D eigenvalue weighted by Crippen LogP contribution is -2.19. The minimum Gasteiger partial charge on any atom is -0.378 e. The maximum Gasteiger partial charge on any atom is 0.294 e. The van der Waals surface area contributed by atoms with E-state index in [1.807, 2.05) is 19.1 Å². The van der Waals surface area contributed by atoms with Gasteiger partial charge in [-0.2, -0.15) is 9.78 Å². The van der Waals surface area contributed by atoms with Crippen molar-refractivity contribution in [1.82, 2.24) is 30.7 Å². The molecule has 4 aromatic rings. The molecule has 0 aliphatic heterocycles. The third-order valence-corrected chi connectivity index (χ3v) is 4.23.